The monoisotopic (exact) mass is 214 g/mol. The number of aldehydes is 1. The number of carbonyl (C=O) groups is 1. The van der Waals surface area contributed by atoms with Crippen LogP contribution in [0.3, 0.4) is 0 Å². The zero-order valence-corrected chi connectivity index (χ0v) is 9.69. The van der Waals surface area contributed by atoms with Gasteiger partial charge in [-0.05, 0) is 24.6 Å². The average Bonchev–Trinajstić information content (AvgIpc) is 2.28. The number of carbonyl (C=O) groups excluding carboxylic acids is 1. The van der Waals surface area contributed by atoms with E-state index in [-0.39, 0.29) is 0 Å². The van der Waals surface area contributed by atoms with Crippen molar-refractivity contribution in [3.8, 4) is 0 Å². The number of hydrogen-bond acceptors (Lipinski definition) is 3. The molecule has 0 aliphatic heterocycles. The summed E-state index contributed by atoms with van der Waals surface area (Å²) >= 11 is 0. The van der Waals surface area contributed by atoms with Gasteiger partial charge < -0.3 is 4.90 Å². The molecule has 1 aromatic heterocycles. The van der Waals surface area contributed by atoms with E-state index >= 15 is 0 Å². The standard InChI is InChI=1S/C13H14N2O/c1-9-7-12(15(2)3)14-13-10(8-16)5-4-6-11(9)13/h4-8H,1-3H3. The summed E-state index contributed by atoms with van der Waals surface area (Å²) in [5.41, 5.74) is 2.56. The van der Waals surface area contributed by atoms with Gasteiger partial charge in [-0.15, -0.1) is 0 Å². The maximum absolute atomic E-state index is 11.0. The van der Waals surface area contributed by atoms with Crippen molar-refractivity contribution < 1.29 is 4.79 Å². The summed E-state index contributed by atoms with van der Waals surface area (Å²) in [5, 5.41) is 1.04. The molecule has 0 amide bonds. The van der Waals surface area contributed by atoms with Crippen molar-refractivity contribution in [2.24, 2.45) is 0 Å². The summed E-state index contributed by atoms with van der Waals surface area (Å²) in [5.74, 6) is 0.874. The fraction of sp³-hybridized carbons (Fsp3) is 0.231. The van der Waals surface area contributed by atoms with E-state index in [1.807, 2.05) is 44.1 Å². The average molecular weight is 214 g/mol. The number of fused-ring (bicyclic) bond motifs is 1. The number of aryl methyl sites for hydroxylation is 1. The fourth-order valence-corrected chi connectivity index (χ4v) is 1.75. The van der Waals surface area contributed by atoms with Crippen molar-refractivity contribution in [3.63, 3.8) is 0 Å². The van der Waals surface area contributed by atoms with Crippen LogP contribution in [0, 0.1) is 6.92 Å². The number of para-hydroxylation sites is 1. The van der Waals surface area contributed by atoms with Crippen molar-refractivity contribution in [1.82, 2.24) is 4.98 Å². The van der Waals surface area contributed by atoms with E-state index in [1.165, 1.54) is 0 Å². The van der Waals surface area contributed by atoms with Crippen LogP contribution in [0.1, 0.15) is 15.9 Å². The molecule has 0 saturated carbocycles. The molecule has 3 heteroatoms. The first kappa shape index (κ1) is 10.6. The molecule has 0 saturated heterocycles. The Labute approximate surface area is 94.7 Å². The van der Waals surface area contributed by atoms with Crippen LogP contribution in [0.5, 0.6) is 0 Å². The first-order chi connectivity index (χ1) is 7.63. The molecule has 0 spiro atoms. The van der Waals surface area contributed by atoms with Gasteiger partial charge in [0.2, 0.25) is 0 Å². The highest BCUT2D eigenvalue weighted by Gasteiger charge is 2.07. The molecule has 0 aliphatic rings. The van der Waals surface area contributed by atoms with Gasteiger partial charge in [0.05, 0.1) is 5.52 Å². The van der Waals surface area contributed by atoms with Crippen LogP contribution in [-0.2, 0) is 0 Å². The molecule has 1 heterocycles. The minimum atomic E-state index is 0.643. The highest BCUT2D eigenvalue weighted by Crippen LogP contribution is 2.23. The number of rotatable bonds is 2. The molecule has 0 unspecified atom stereocenters. The molecule has 16 heavy (non-hydrogen) atoms. The van der Waals surface area contributed by atoms with E-state index in [0.717, 1.165) is 28.6 Å². The van der Waals surface area contributed by atoms with E-state index in [9.17, 15) is 4.79 Å². The topological polar surface area (TPSA) is 33.2 Å². The zero-order valence-electron chi connectivity index (χ0n) is 9.69. The molecular weight excluding hydrogens is 200 g/mol. The van der Waals surface area contributed by atoms with Gasteiger partial charge in [0.25, 0.3) is 0 Å². The maximum atomic E-state index is 11.0. The van der Waals surface area contributed by atoms with Gasteiger partial charge in [-0.25, -0.2) is 4.98 Å². The van der Waals surface area contributed by atoms with E-state index in [1.54, 1.807) is 6.07 Å². The maximum Gasteiger partial charge on any atom is 0.152 e. The van der Waals surface area contributed by atoms with Gasteiger partial charge in [-0.3, -0.25) is 4.79 Å². The lowest BCUT2D eigenvalue weighted by Crippen LogP contribution is -2.11. The molecule has 3 nitrogen and oxygen atoms in total. The second-order valence-corrected chi connectivity index (χ2v) is 4.05. The molecule has 1 aromatic carbocycles. The van der Waals surface area contributed by atoms with Crippen molar-refractivity contribution in [2.75, 3.05) is 19.0 Å². The van der Waals surface area contributed by atoms with Crippen LogP contribution in [0.25, 0.3) is 10.9 Å². The van der Waals surface area contributed by atoms with Crippen LogP contribution >= 0.6 is 0 Å². The lowest BCUT2D eigenvalue weighted by atomic mass is 10.1. The molecule has 82 valence electrons. The summed E-state index contributed by atoms with van der Waals surface area (Å²) in [4.78, 5) is 17.4. The number of nitrogens with zero attached hydrogens (tertiary/aromatic N) is 2. The summed E-state index contributed by atoms with van der Waals surface area (Å²) in [7, 11) is 3.88. The molecule has 2 rings (SSSR count). The minimum Gasteiger partial charge on any atom is -0.363 e. The Hall–Kier alpha value is -1.90. The van der Waals surface area contributed by atoms with Crippen molar-refractivity contribution >= 4 is 23.0 Å². The molecule has 2 aromatic rings. The van der Waals surface area contributed by atoms with E-state index in [4.69, 9.17) is 0 Å². The Balaban J connectivity index is 2.82. The van der Waals surface area contributed by atoms with Crippen molar-refractivity contribution in [3.05, 3.63) is 35.4 Å². The number of pyridine rings is 1. The third kappa shape index (κ3) is 1.65. The Morgan fingerprint density at radius 1 is 1.31 bits per heavy atom. The third-order valence-electron chi connectivity index (χ3n) is 2.65. The largest absolute Gasteiger partial charge is 0.363 e. The van der Waals surface area contributed by atoms with Gasteiger partial charge >= 0.3 is 0 Å². The molecule has 0 atom stereocenters. The van der Waals surface area contributed by atoms with E-state index < -0.39 is 0 Å². The second-order valence-electron chi connectivity index (χ2n) is 4.05. The fourth-order valence-electron chi connectivity index (χ4n) is 1.75. The first-order valence-electron chi connectivity index (χ1n) is 5.16. The lowest BCUT2D eigenvalue weighted by molar-refractivity contribution is 0.112. The SMILES string of the molecule is Cc1cc(N(C)C)nc2c(C=O)cccc12. The van der Waals surface area contributed by atoms with Crippen molar-refractivity contribution in [2.45, 2.75) is 6.92 Å². The molecule has 0 N–H and O–H groups in total. The normalized spacial score (nSPS) is 10.4. The third-order valence-corrected chi connectivity index (χ3v) is 2.65. The Bertz CT molecular complexity index is 547. The van der Waals surface area contributed by atoms with Crippen LogP contribution < -0.4 is 4.90 Å². The van der Waals surface area contributed by atoms with Crippen LogP contribution in [0.2, 0.25) is 0 Å². The number of aromatic nitrogens is 1. The summed E-state index contributed by atoms with van der Waals surface area (Å²) in [6.07, 6.45) is 0.855. The van der Waals surface area contributed by atoms with Gasteiger partial charge in [0, 0.05) is 25.0 Å². The summed E-state index contributed by atoms with van der Waals surface area (Å²) in [6.45, 7) is 2.03. The smallest absolute Gasteiger partial charge is 0.152 e. The molecule has 0 radical (unpaired) electrons. The summed E-state index contributed by atoms with van der Waals surface area (Å²) in [6, 6.07) is 7.69. The van der Waals surface area contributed by atoms with Crippen LogP contribution in [0.15, 0.2) is 24.3 Å². The zero-order chi connectivity index (χ0) is 11.7. The summed E-state index contributed by atoms with van der Waals surface area (Å²) < 4.78 is 0. The Morgan fingerprint density at radius 3 is 2.69 bits per heavy atom. The lowest BCUT2D eigenvalue weighted by Gasteiger charge is -2.14. The Morgan fingerprint density at radius 2 is 2.06 bits per heavy atom. The predicted molar refractivity (Wildman–Crippen MR) is 66.2 cm³/mol. The Kier molecular flexibility index (Phi) is 2.60. The van der Waals surface area contributed by atoms with Gasteiger partial charge in [0.15, 0.2) is 6.29 Å². The molecule has 0 bridgehead atoms. The minimum absolute atomic E-state index is 0.643. The van der Waals surface area contributed by atoms with Crippen LogP contribution in [0.4, 0.5) is 5.82 Å². The quantitative estimate of drug-likeness (QED) is 0.720. The van der Waals surface area contributed by atoms with Gasteiger partial charge in [-0.2, -0.15) is 0 Å². The van der Waals surface area contributed by atoms with Gasteiger partial charge in [0.1, 0.15) is 5.82 Å². The second kappa shape index (κ2) is 3.93. The highest BCUT2D eigenvalue weighted by molar-refractivity contribution is 5.97. The molecule has 0 fully saturated rings. The molecule has 0 aliphatic carbocycles. The van der Waals surface area contributed by atoms with E-state index in [0.29, 0.717) is 5.56 Å². The number of benzene rings is 1. The predicted octanol–water partition coefficient (Wildman–Crippen LogP) is 2.42. The number of hydrogen-bond donors (Lipinski definition) is 0. The van der Waals surface area contributed by atoms with Gasteiger partial charge in [-0.1, -0.05) is 12.1 Å². The van der Waals surface area contributed by atoms with Crippen LogP contribution in [-0.4, -0.2) is 25.4 Å². The number of anilines is 1. The highest BCUT2D eigenvalue weighted by atomic mass is 16.1. The molecular formula is C13H14N2O. The van der Waals surface area contributed by atoms with E-state index in [2.05, 4.69) is 4.98 Å². The first-order valence-corrected chi connectivity index (χ1v) is 5.16. The van der Waals surface area contributed by atoms with Crippen molar-refractivity contribution in [1.29, 1.82) is 0 Å².